The van der Waals surface area contributed by atoms with Gasteiger partial charge in [-0.2, -0.15) is 5.26 Å². The van der Waals surface area contributed by atoms with E-state index in [4.69, 9.17) is 15.7 Å². The third kappa shape index (κ3) is 3.18. The van der Waals surface area contributed by atoms with Gasteiger partial charge < -0.3 is 10.5 Å². The van der Waals surface area contributed by atoms with Gasteiger partial charge in [0.25, 0.3) is 0 Å². The molecular weight excluding hydrogens is 214 g/mol. The first kappa shape index (κ1) is 14.9. The van der Waals surface area contributed by atoms with Gasteiger partial charge in [-0.15, -0.1) is 0 Å². The van der Waals surface area contributed by atoms with Crippen LogP contribution in [0.25, 0.3) is 0 Å². The predicted molar refractivity (Wildman–Crippen MR) is 56.3 cm³/mol. The van der Waals surface area contributed by atoms with E-state index < -0.39 is 29.0 Å². The van der Waals surface area contributed by atoms with Crippen LogP contribution in [-0.4, -0.2) is 28.3 Å². The van der Waals surface area contributed by atoms with Crippen molar-refractivity contribution in [3.63, 3.8) is 0 Å². The highest BCUT2D eigenvalue weighted by Crippen LogP contribution is 2.21. The monoisotopic (exact) mass is 233 g/mol. The second-order valence-corrected chi connectivity index (χ2v) is 4.90. The standard InChI is InChI=1S/C10H19NO5/c1-6(2)10(11,8(13)16-14)7(12)15-9(3,4)5/h6,14H,11H2,1-5H3. The lowest BCUT2D eigenvalue weighted by atomic mass is 9.87. The van der Waals surface area contributed by atoms with Gasteiger partial charge in [0.15, 0.2) is 0 Å². The summed E-state index contributed by atoms with van der Waals surface area (Å²) >= 11 is 0. The molecule has 0 fully saturated rings. The van der Waals surface area contributed by atoms with E-state index in [0.29, 0.717) is 0 Å². The van der Waals surface area contributed by atoms with Gasteiger partial charge in [0.1, 0.15) is 5.60 Å². The second-order valence-electron chi connectivity index (χ2n) is 4.90. The molecule has 0 aromatic heterocycles. The van der Waals surface area contributed by atoms with Gasteiger partial charge in [0.05, 0.1) is 0 Å². The summed E-state index contributed by atoms with van der Waals surface area (Å²) in [7, 11) is 0. The normalized spacial score (nSPS) is 15.5. The van der Waals surface area contributed by atoms with Crippen LogP contribution >= 0.6 is 0 Å². The Balaban J connectivity index is 5.08. The van der Waals surface area contributed by atoms with Gasteiger partial charge in [-0.1, -0.05) is 13.8 Å². The number of esters is 1. The molecule has 0 radical (unpaired) electrons. The van der Waals surface area contributed by atoms with E-state index in [1.807, 2.05) is 0 Å². The average Bonchev–Trinajstić information content (AvgIpc) is 2.11. The third-order valence-corrected chi connectivity index (χ3v) is 2.07. The van der Waals surface area contributed by atoms with E-state index in [1.54, 1.807) is 34.6 Å². The summed E-state index contributed by atoms with van der Waals surface area (Å²) in [6.07, 6.45) is 0. The molecule has 0 aromatic rings. The minimum Gasteiger partial charge on any atom is -0.458 e. The molecule has 0 saturated heterocycles. The molecule has 0 saturated carbocycles. The molecule has 0 aromatic carbocycles. The zero-order valence-corrected chi connectivity index (χ0v) is 10.2. The first-order valence-corrected chi connectivity index (χ1v) is 4.94. The Labute approximate surface area is 94.6 Å². The number of hydrogen-bond acceptors (Lipinski definition) is 6. The molecule has 0 heterocycles. The maximum absolute atomic E-state index is 11.8. The molecule has 0 bridgehead atoms. The van der Waals surface area contributed by atoms with Crippen molar-refractivity contribution in [1.82, 2.24) is 0 Å². The van der Waals surface area contributed by atoms with Crippen molar-refractivity contribution in [2.45, 2.75) is 45.8 Å². The summed E-state index contributed by atoms with van der Waals surface area (Å²) < 4.78 is 5.01. The summed E-state index contributed by atoms with van der Waals surface area (Å²) in [4.78, 5) is 26.6. The molecule has 6 nitrogen and oxygen atoms in total. The minimum absolute atomic E-state index is 0.568. The van der Waals surface area contributed by atoms with Crippen molar-refractivity contribution >= 4 is 11.9 Å². The van der Waals surface area contributed by atoms with Gasteiger partial charge in [0, 0.05) is 0 Å². The molecule has 16 heavy (non-hydrogen) atoms. The summed E-state index contributed by atoms with van der Waals surface area (Å²) in [6.45, 7) is 8.06. The fourth-order valence-corrected chi connectivity index (χ4v) is 0.993. The fourth-order valence-electron chi connectivity index (χ4n) is 0.993. The number of ether oxygens (including phenoxy) is 1. The van der Waals surface area contributed by atoms with Crippen molar-refractivity contribution < 1.29 is 24.5 Å². The van der Waals surface area contributed by atoms with Gasteiger partial charge in [-0.05, 0) is 26.7 Å². The highest BCUT2D eigenvalue weighted by molar-refractivity contribution is 6.04. The lowest BCUT2D eigenvalue weighted by Crippen LogP contribution is -2.61. The molecule has 6 heteroatoms. The van der Waals surface area contributed by atoms with E-state index in [2.05, 4.69) is 4.89 Å². The van der Waals surface area contributed by atoms with Crippen molar-refractivity contribution in [2.75, 3.05) is 0 Å². The molecule has 0 aliphatic heterocycles. The third-order valence-electron chi connectivity index (χ3n) is 2.07. The molecule has 1 atom stereocenters. The van der Waals surface area contributed by atoms with Gasteiger partial charge in [0.2, 0.25) is 5.54 Å². The van der Waals surface area contributed by atoms with Crippen LogP contribution < -0.4 is 5.73 Å². The van der Waals surface area contributed by atoms with E-state index in [-0.39, 0.29) is 0 Å². The van der Waals surface area contributed by atoms with Gasteiger partial charge >= 0.3 is 11.9 Å². The highest BCUT2D eigenvalue weighted by atomic mass is 17.1. The molecule has 1 unspecified atom stereocenters. The number of nitrogens with two attached hydrogens (primary N) is 1. The zero-order valence-electron chi connectivity index (χ0n) is 10.2. The van der Waals surface area contributed by atoms with Crippen molar-refractivity contribution in [3.05, 3.63) is 0 Å². The van der Waals surface area contributed by atoms with Crippen LogP contribution in [0, 0.1) is 5.92 Å². The molecule has 0 aliphatic rings. The Hall–Kier alpha value is -1.14. The van der Waals surface area contributed by atoms with E-state index in [0.717, 1.165) is 0 Å². The molecule has 0 aliphatic carbocycles. The molecule has 94 valence electrons. The second kappa shape index (κ2) is 4.80. The Kier molecular flexibility index (Phi) is 4.45. The Bertz CT molecular complexity index is 281. The highest BCUT2D eigenvalue weighted by Gasteiger charge is 2.50. The van der Waals surface area contributed by atoms with E-state index in [9.17, 15) is 9.59 Å². The SMILES string of the molecule is CC(C)C(N)(C(=O)OO)C(=O)OC(C)(C)C. The van der Waals surface area contributed by atoms with Crippen LogP contribution in [0.3, 0.4) is 0 Å². The molecule has 0 rings (SSSR count). The maximum Gasteiger partial charge on any atom is 0.373 e. The number of carbonyl (C=O) groups excluding carboxylic acids is 2. The lowest BCUT2D eigenvalue weighted by Gasteiger charge is -2.30. The number of hydrogen-bond donors (Lipinski definition) is 2. The van der Waals surface area contributed by atoms with Crippen molar-refractivity contribution in [2.24, 2.45) is 11.7 Å². The summed E-state index contributed by atoms with van der Waals surface area (Å²) in [5.74, 6) is -2.72. The molecule has 0 spiro atoms. The van der Waals surface area contributed by atoms with Crippen molar-refractivity contribution in [1.29, 1.82) is 0 Å². The Morgan fingerprint density at radius 1 is 1.19 bits per heavy atom. The number of carbonyl (C=O) groups is 2. The number of rotatable bonds is 3. The van der Waals surface area contributed by atoms with Crippen LogP contribution in [0.4, 0.5) is 0 Å². The Morgan fingerprint density at radius 2 is 1.62 bits per heavy atom. The van der Waals surface area contributed by atoms with Crippen LogP contribution in [0.5, 0.6) is 0 Å². The largest absolute Gasteiger partial charge is 0.458 e. The van der Waals surface area contributed by atoms with E-state index >= 15 is 0 Å². The quantitative estimate of drug-likeness (QED) is 0.322. The average molecular weight is 233 g/mol. The maximum atomic E-state index is 11.8. The van der Waals surface area contributed by atoms with E-state index in [1.165, 1.54) is 0 Å². The van der Waals surface area contributed by atoms with Crippen LogP contribution in [0.2, 0.25) is 0 Å². The van der Waals surface area contributed by atoms with Crippen LogP contribution in [-0.2, 0) is 19.2 Å². The molecule has 3 N–H and O–H groups in total. The topological polar surface area (TPSA) is 98.9 Å². The van der Waals surface area contributed by atoms with Crippen LogP contribution in [0.15, 0.2) is 0 Å². The summed E-state index contributed by atoms with van der Waals surface area (Å²) in [6, 6.07) is 0. The van der Waals surface area contributed by atoms with Gasteiger partial charge in [-0.25, -0.2) is 9.59 Å². The fraction of sp³-hybridized carbons (Fsp3) is 0.800. The minimum atomic E-state index is -2.00. The van der Waals surface area contributed by atoms with Gasteiger partial charge in [-0.3, -0.25) is 4.89 Å². The lowest BCUT2D eigenvalue weighted by molar-refractivity contribution is -0.243. The Morgan fingerprint density at radius 3 is 1.88 bits per heavy atom. The zero-order chi connectivity index (χ0) is 13.1. The first-order chi connectivity index (χ1) is 7.05. The van der Waals surface area contributed by atoms with Crippen molar-refractivity contribution in [3.8, 4) is 0 Å². The predicted octanol–water partition coefficient (Wildman–Crippen LogP) is 0.698. The summed E-state index contributed by atoms with van der Waals surface area (Å²) in [5, 5.41) is 8.33. The summed E-state index contributed by atoms with van der Waals surface area (Å²) in [5.41, 5.74) is 2.87. The first-order valence-electron chi connectivity index (χ1n) is 4.94. The molecule has 0 amide bonds. The smallest absolute Gasteiger partial charge is 0.373 e. The molecular formula is C10H19NO5. The van der Waals surface area contributed by atoms with Crippen LogP contribution in [0.1, 0.15) is 34.6 Å².